The van der Waals surface area contributed by atoms with Gasteiger partial charge in [0.25, 0.3) is 5.91 Å². The van der Waals surface area contributed by atoms with E-state index >= 15 is 0 Å². The molecule has 0 saturated heterocycles. The van der Waals surface area contributed by atoms with Crippen molar-refractivity contribution < 1.29 is 9.53 Å². The number of thioether (sulfide) groups is 1. The van der Waals surface area contributed by atoms with Crippen molar-refractivity contribution in [1.82, 2.24) is 0 Å². The third kappa shape index (κ3) is 4.68. The smallest absolute Gasteiger partial charge is 0.265 e. The van der Waals surface area contributed by atoms with Gasteiger partial charge >= 0.3 is 0 Å². The monoisotopic (exact) mass is 363 g/mol. The van der Waals surface area contributed by atoms with Gasteiger partial charge in [-0.2, -0.15) is 0 Å². The van der Waals surface area contributed by atoms with Crippen LogP contribution in [-0.4, -0.2) is 17.8 Å². The number of ether oxygens (including phenoxy) is 1. The SMILES string of the molecule is CCSc1ccccc1NC(=O)[C@@H](C)Oc1cc(C)c(Cl)c(C)c1. The van der Waals surface area contributed by atoms with E-state index in [0.29, 0.717) is 5.75 Å². The van der Waals surface area contributed by atoms with Crippen LogP contribution in [0.4, 0.5) is 5.69 Å². The van der Waals surface area contributed by atoms with Crippen LogP contribution in [-0.2, 0) is 4.79 Å². The van der Waals surface area contributed by atoms with Crippen molar-refractivity contribution in [3.63, 3.8) is 0 Å². The van der Waals surface area contributed by atoms with Crippen LogP contribution in [0.1, 0.15) is 25.0 Å². The Morgan fingerprint density at radius 2 is 1.88 bits per heavy atom. The average Bonchev–Trinajstić information content (AvgIpc) is 2.54. The van der Waals surface area contributed by atoms with Gasteiger partial charge in [-0.05, 0) is 61.9 Å². The Hall–Kier alpha value is -1.65. The summed E-state index contributed by atoms with van der Waals surface area (Å²) >= 11 is 7.86. The molecule has 0 fully saturated rings. The van der Waals surface area contributed by atoms with E-state index in [1.807, 2.05) is 50.2 Å². The lowest BCUT2D eigenvalue weighted by molar-refractivity contribution is -0.122. The maximum atomic E-state index is 12.4. The van der Waals surface area contributed by atoms with Crippen LogP contribution in [0.5, 0.6) is 5.75 Å². The quantitative estimate of drug-likeness (QED) is 0.691. The molecule has 2 aromatic rings. The highest BCUT2D eigenvalue weighted by molar-refractivity contribution is 7.99. The first kappa shape index (κ1) is 18.7. The molecule has 0 heterocycles. The summed E-state index contributed by atoms with van der Waals surface area (Å²) in [4.78, 5) is 13.5. The van der Waals surface area contributed by atoms with Crippen LogP contribution in [0.15, 0.2) is 41.3 Å². The van der Waals surface area contributed by atoms with Gasteiger partial charge in [0.15, 0.2) is 6.10 Å². The summed E-state index contributed by atoms with van der Waals surface area (Å²) < 4.78 is 5.79. The van der Waals surface area contributed by atoms with Gasteiger partial charge in [-0.3, -0.25) is 4.79 Å². The molecule has 24 heavy (non-hydrogen) atoms. The number of amides is 1. The molecule has 128 valence electrons. The summed E-state index contributed by atoms with van der Waals surface area (Å²) in [5.41, 5.74) is 2.68. The number of anilines is 1. The van der Waals surface area contributed by atoms with E-state index in [-0.39, 0.29) is 5.91 Å². The average molecular weight is 364 g/mol. The van der Waals surface area contributed by atoms with Crippen LogP contribution < -0.4 is 10.1 Å². The molecule has 1 amide bonds. The van der Waals surface area contributed by atoms with E-state index in [1.165, 1.54) is 0 Å². The highest BCUT2D eigenvalue weighted by atomic mass is 35.5. The van der Waals surface area contributed by atoms with Crippen molar-refractivity contribution in [3.8, 4) is 5.75 Å². The number of carbonyl (C=O) groups is 1. The first-order chi connectivity index (χ1) is 11.4. The Bertz CT molecular complexity index is 710. The Morgan fingerprint density at radius 1 is 1.25 bits per heavy atom. The lowest BCUT2D eigenvalue weighted by Crippen LogP contribution is -2.30. The minimum Gasteiger partial charge on any atom is -0.481 e. The summed E-state index contributed by atoms with van der Waals surface area (Å²) in [6, 6.07) is 11.5. The van der Waals surface area contributed by atoms with Crippen molar-refractivity contribution in [2.75, 3.05) is 11.1 Å². The molecule has 0 aliphatic rings. The number of benzene rings is 2. The second-order valence-corrected chi connectivity index (χ2v) is 7.23. The number of aryl methyl sites for hydroxylation is 2. The fraction of sp³-hybridized carbons (Fsp3) is 0.316. The van der Waals surface area contributed by atoms with E-state index < -0.39 is 6.10 Å². The molecule has 0 radical (unpaired) electrons. The highest BCUT2D eigenvalue weighted by Gasteiger charge is 2.17. The van der Waals surface area contributed by atoms with Crippen molar-refractivity contribution in [2.24, 2.45) is 0 Å². The third-order valence-electron chi connectivity index (χ3n) is 3.54. The molecule has 2 rings (SSSR count). The number of hydrogen-bond donors (Lipinski definition) is 1. The topological polar surface area (TPSA) is 38.3 Å². The van der Waals surface area contributed by atoms with Gasteiger partial charge < -0.3 is 10.1 Å². The minimum absolute atomic E-state index is 0.176. The van der Waals surface area contributed by atoms with E-state index in [0.717, 1.165) is 32.5 Å². The number of nitrogens with one attached hydrogen (secondary N) is 1. The third-order valence-corrected chi connectivity index (χ3v) is 5.09. The van der Waals surface area contributed by atoms with Crippen molar-refractivity contribution in [2.45, 2.75) is 38.7 Å². The second kappa shape index (κ2) is 8.45. The van der Waals surface area contributed by atoms with Crippen molar-refractivity contribution in [1.29, 1.82) is 0 Å². The first-order valence-corrected chi connectivity index (χ1v) is 9.24. The molecule has 0 aromatic heterocycles. The lowest BCUT2D eigenvalue weighted by Gasteiger charge is -2.17. The van der Waals surface area contributed by atoms with E-state index in [9.17, 15) is 4.79 Å². The minimum atomic E-state index is -0.607. The standard InChI is InChI=1S/C19H22ClNO2S/c1-5-24-17-9-7-6-8-16(17)21-19(22)14(4)23-15-10-12(2)18(20)13(3)11-15/h6-11,14H,5H2,1-4H3,(H,21,22)/t14-/m1/s1. The maximum absolute atomic E-state index is 12.4. The zero-order valence-electron chi connectivity index (χ0n) is 14.4. The Balaban J connectivity index is 2.08. The number of halogens is 1. The molecule has 1 N–H and O–H groups in total. The molecule has 0 aliphatic heterocycles. The summed E-state index contributed by atoms with van der Waals surface area (Å²) in [5, 5.41) is 3.67. The van der Waals surface area contributed by atoms with Crippen molar-refractivity contribution >= 4 is 35.0 Å². The van der Waals surface area contributed by atoms with E-state index in [4.69, 9.17) is 16.3 Å². The first-order valence-electron chi connectivity index (χ1n) is 7.88. The fourth-order valence-corrected chi connectivity index (χ4v) is 3.19. The molecule has 0 aliphatic carbocycles. The Kier molecular flexibility index (Phi) is 6.58. The number of rotatable bonds is 6. The zero-order valence-corrected chi connectivity index (χ0v) is 15.9. The van der Waals surface area contributed by atoms with Crippen LogP contribution >= 0.6 is 23.4 Å². The Morgan fingerprint density at radius 3 is 2.50 bits per heavy atom. The molecule has 0 bridgehead atoms. The molecule has 0 saturated carbocycles. The van der Waals surface area contributed by atoms with Gasteiger partial charge in [-0.15, -0.1) is 11.8 Å². The highest BCUT2D eigenvalue weighted by Crippen LogP contribution is 2.28. The van der Waals surface area contributed by atoms with Crippen LogP contribution in [0.25, 0.3) is 0 Å². The number of carbonyl (C=O) groups excluding carboxylic acids is 1. The number of hydrogen-bond acceptors (Lipinski definition) is 3. The predicted octanol–water partition coefficient (Wildman–Crippen LogP) is 5.47. The van der Waals surface area contributed by atoms with E-state index in [2.05, 4.69) is 12.2 Å². The fourth-order valence-electron chi connectivity index (χ4n) is 2.32. The Labute approximate surface area is 152 Å². The van der Waals surface area contributed by atoms with Crippen LogP contribution in [0.3, 0.4) is 0 Å². The van der Waals surface area contributed by atoms with Gasteiger partial charge in [0.05, 0.1) is 5.69 Å². The second-order valence-electron chi connectivity index (χ2n) is 5.55. The van der Waals surface area contributed by atoms with Gasteiger partial charge in [0, 0.05) is 9.92 Å². The van der Waals surface area contributed by atoms with Gasteiger partial charge in [0.2, 0.25) is 0 Å². The summed E-state index contributed by atoms with van der Waals surface area (Å²) in [5.74, 6) is 1.42. The maximum Gasteiger partial charge on any atom is 0.265 e. The van der Waals surface area contributed by atoms with Crippen LogP contribution in [0, 0.1) is 13.8 Å². The number of para-hydroxylation sites is 1. The molecule has 1 atom stereocenters. The molecule has 3 nitrogen and oxygen atoms in total. The molecular formula is C19H22ClNO2S. The normalized spacial score (nSPS) is 11.9. The summed E-state index contributed by atoms with van der Waals surface area (Å²) in [6.45, 7) is 7.67. The van der Waals surface area contributed by atoms with Gasteiger partial charge in [-0.25, -0.2) is 0 Å². The molecule has 2 aromatic carbocycles. The molecular weight excluding hydrogens is 342 g/mol. The lowest BCUT2D eigenvalue weighted by atomic mass is 10.1. The zero-order chi connectivity index (χ0) is 17.7. The van der Waals surface area contributed by atoms with E-state index in [1.54, 1.807) is 18.7 Å². The van der Waals surface area contributed by atoms with Crippen LogP contribution in [0.2, 0.25) is 5.02 Å². The van der Waals surface area contributed by atoms with Gasteiger partial charge in [-0.1, -0.05) is 30.7 Å². The largest absolute Gasteiger partial charge is 0.481 e. The van der Waals surface area contributed by atoms with Crippen molar-refractivity contribution in [3.05, 3.63) is 52.5 Å². The molecule has 5 heteroatoms. The van der Waals surface area contributed by atoms with Gasteiger partial charge in [0.1, 0.15) is 5.75 Å². The predicted molar refractivity (Wildman–Crippen MR) is 102 cm³/mol. The summed E-state index contributed by atoms with van der Waals surface area (Å²) in [7, 11) is 0. The summed E-state index contributed by atoms with van der Waals surface area (Å²) in [6.07, 6.45) is -0.607. The molecule has 0 unspecified atom stereocenters. The molecule has 0 spiro atoms.